The van der Waals surface area contributed by atoms with Crippen molar-refractivity contribution in [1.29, 1.82) is 0 Å². The highest BCUT2D eigenvalue weighted by Gasteiger charge is 2.44. The zero-order valence-corrected chi connectivity index (χ0v) is 9.98. The van der Waals surface area contributed by atoms with E-state index in [4.69, 9.17) is 16.5 Å². The van der Waals surface area contributed by atoms with Crippen LogP contribution < -0.4 is 0 Å². The maximum atomic E-state index is 6.06. The van der Waals surface area contributed by atoms with Crippen molar-refractivity contribution >= 4 is 11.8 Å². The fourth-order valence-corrected chi connectivity index (χ4v) is 2.03. The molecule has 1 aliphatic heterocycles. The van der Waals surface area contributed by atoms with Gasteiger partial charge in [-0.1, -0.05) is 20.8 Å². The van der Waals surface area contributed by atoms with E-state index in [9.17, 15) is 0 Å². The molecule has 1 heterocycles. The number of rotatable bonds is 0. The van der Waals surface area contributed by atoms with Gasteiger partial charge in [-0.25, -0.2) is 4.42 Å². The largest absolute Gasteiger partial charge is 0.369 e. The lowest BCUT2D eigenvalue weighted by atomic mass is 9.76. The van der Waals surface area contributed by atoms with Crippen LogP contribution in [0.25, 0.3) is 0 Å². The Kier molecular flexibility index (Phi) is 2.96. The minimum Gasteiger partial charge on any atom is -0.369 e. The fraction of sp³-hybridized carbons (Fsp3) is 1.00. The summed E-state index contributed by atoms with van der Waals surface area (Å²) in [5, 5.41) is 0. The van der Waals surface area contributed by atoms with Crippen LogP contribution >= 0.6 is 11.8 Å². The second kappa shape index (κ2) is 3.41. The first-order valence-corrected chi connectivity index (χ1v) is 5.17. The lowest BCUT2D eigenvalue weighted by molar-refractivity contribution is -0.172. The molecule has 1 fully saturated rings. The molecule has 0 unspecified atom stereocenters. The Bertz CT molecular complexity index is 178. The Morgan fingerprint density at radius 1 is 1.46 bits per heavy atom. The molecule has 3 heteroatoms. The van der Waals surface area contributed by atoms with Gasteiger partial charge >= 0.3 is 0 Å². The normalized spacial score (nSPS) is 37.8. The van der Waals surface area contributed by atoms with Crippen molar-refractivity contribution in [3.05, 3.63) is 0 Å². The van der Waals surface area contributed by atoms with E-state index in [0.717, 1.165) is 13.1 Å². The SMILES string of the molecule is C[C@H]1CN(Cl)C[C@](C)(C(C)(C)C)O1. The minimum atomic E-state index is -0.146. The van der Waals surface area contributed by atoms with Crippen LogP contribution in [0.2, 0.25) is 0 Å². The van der Waals surface area contributed by atoms with Crippen LogP contribution in [-0.4, -0.2) is 29.2 Å². The standard InChI is InChI=1S/C10H20ClNO/c1-8-6-12(11)7-10(5,13-8)9(2,3)4/h8H,6-7H2,1-5H3/t8-,10+/m0/s1. The van der Waals surface area contributed by atoms with Gasteiger partial charge < -0.3 is 4.74 Å². The average Bonchev–Trinajstić information content (AvgIpc) is 1.79. The molecule has 2 nitrogen and oxygen atoms in total. The predicted molar refractivity (Wildman–Crippen MR) is 55.8 cm³/mol. The summed E-state index contributed by atoms with van der Waals surface area (Å²) >= 11 is 6.06. The third-order valence-electron chi connectivity index (χ3n) is 2.98. The third kappa shape index (κ3) is 2.36. The molecule has 0 saturated carbocycles. The number of ether oxygens (including phenoxy) is 1. The lowest BCUT2D eigenvalue weighted by Crippen LogP contribution is -2.56. The summed E-state index contributed by atoms with van der Waals surface area (Å²) in [7, 11) is 0. The highest BCUT2D eigenvalue weighted by molar-refractivity contribution is 6.13. The van der Waals surface area contributed by atoms with Crippen molar-refractivity contribution in [3.8, 4) is 0 Å². The number of hydrogen-bond donors (Lipinski definition) is 0. The molecule has 1 saturated heterocycles. The van der Waals surface area contributed by atoms with E-state index in [-0.39, 0.29) is 17.1 Å². The molecule has 0 aliphatic carbocycles. The monoisotopic (exact) mass is 205 g/mol. The third-order valence-corrected chi connectivity index (χ3v) is 3.23. The maximum Gasteiger partial charge on any atom is 0.0846 e. The molecule has 1 aliphatic rings. The second-order valence-corrected chi connectivity index (χ2v) is 5.69. The van der Waals surface area contributed by atoms with Crippen molar-refractivity contribution in [2.45, 2.75) is 46.3 Å². The zero-order valence-electron chi connectivity index (χ0n) is 9.22. The molecule has 0 spiro atoms. The molecule has 0 bridgehead atoms. The van der Waals surface area contributed by atoms with Gasteiger partial charge in [-0.2, -0.15) is 0 Å². The van der Waals surface area contributed by atoms with E-state index < -0.39 is 0 Å². The van der Waals surface area contributed by atoms with Crippen molar-refractivity contribution < 1.29 is 4.74 Å². The van der Waals surface area contributed by atoms with Gasteiger partial charge in [0, 0.05) is 13.1 Å². The van der Waals surface area contributed by atoms with Crippen LogP contribution in [0.1, 0.15) is 34.6 Å². The van der Waals surface area contributed by atoms with E-state index in [1.54, 1.807) is 0 Å². The van der Waals surface area contributed by atoms with Crippen molar-refractivity contribution in [3.63, 3.8) is 0 Å². The van der Waals surface area contributed by atoms with E-state index in [0.29, 0.717) is 0 Å². The molecule has 0 aromatic carbocycles. The van der Waals surface area contributed by atoms with Gasteiger partial charge in [-0.3, -0.25) is 0 Å². The summed E-state index contributed by atoms with van der Waals surface area (Å²) in [5.74, 6) is 0. The molecule has 0 amide bonds. The van der Waals surface area contributed by atoms with Crippen molar-refractivity contribution in [1.82, 2.24) is 4.42 Å². The Hall–Kier alpha value is 0.210. The number of halogens is 1. The molecule has 78 valence electrons. The van der Waals surface area contributed by atoms with Crippen LogP contribution in [0.5, 0.6) is 0 Å². The van der Waals surface area contributed by atoms with Crippen LogP contribution in [0, 0.1) is 5.41 Å². The summed E-state index contributed by atoms with van der Waals surface area (Å²) < 4.78 is 7.82. The lowest BCUT2D eigenvalue weighted by Gasteiger charge is -2.48. The Morgan fingerprint density at radius 3 is 2.38 bits per heavy atom. The summed E-state index contributed by atoms with van der Waals surface area (Å²) in [6.45, 7) is 12.4. The number of morpholine rings is 1. The van der Waals surface area contributed by atoms with E-state index >= 15 is 0 Å². The molecular weight excluding hydrogens is 186 g/mol. The molecule has 2 atom stereocenters. The first-order chi connectivity index (χ1) is 5.74. The van der Waals surface area contributed by atoms with E-state index in [1.807, 2.05) is 4.42 Å². The molecule has 0 radical (unpaired) electrons. The Labute approximate surface area is 86.3 Å². The van der Waals surface area contributed by atoms with Crippen LogP contribution in [0.4, 0.5) is 0 Å². The van der Waals surface area contributed by atoms with Gasteiger partial charge in [0.15, 0.2) is 0 Å². The topological polar surface area (TPSA) is 12.5 Å². The summed E-state index contributed by atoms with van der Waals surface area (Å²) in [6.07, 6.45) is 0.218. The zero-order chi connectivity index (χ0) is 10.3. The average molecular weight is 206 g/mol. The highest BCUT2D eigenvalue weighted by Crippen LogP contribution is 2.38. The van der Waals surface area contributed by atoms with E-state index in [2.05, 4.69) is 34.6 Å². The van der Waals surface area contributed by atoms with Gasteiger partial charge in [-0.15, -0.1) is 0 Å². The molecule has 1 rings (SSSR count). The van der Waals surface area contributed by atoms with Gasteiger partial charge in [-0.05, 0) is 31.0 Å². The van der Waals surface area contributed by atoms with Gasteiger partial charge in [0.2, 0.25) is 0 Å². The summed E-state index contributed by atoms with van der Waals surface area (Å²) in [5.41, 5.74) is -0.0266. The van der Waals surface area contributed by atoms with Gasteiger partial charge in [0.1, 0.15) is 0 Å². The molecular formula is C10H20ClNO. The van der Waals surface area contributed by atoms with Crippen molar-refractivity contribution in [2.24, 2.45) is 5.41 Å². The maximum absolute atomic E-state index is 6.06. The van der Waals surface area contributed by atoms with Crippen molar-refractivity contribution in [2.75, 3.05) is 13.1 Å². The molecule has 13 heavy (non-hydrogen) atoms. The van der Waals surface area contributed by atoms with Gasteiger partial charge in [0.25, 0.3) is 0 Å². The summed E-state index contributed by atoms with van der Waals surface area (Å²) in [4.78, 5) is 0. The molecule has 0 N–H and O–H groups in total. The van der Waals surface area contributed by atoms with E-state index in [1.165, 1.54) is 0 Å². The molecule has 0 aromatic rings. The van der Waals surface area contributed by atoms with Crippen LogP contribution in [0.15, 0.2) is 0 Å². The predicted octanol–water partition coefficient (Wildman–Crippen LogP) is 2.67. The number of nitrogens with zero attached hydrogens (tertiary/aromatic N) is 1. The second-order valence-electron chi connectivity index (χ2n) is 5.21. The fourth-order valence-electron chi connectivity index (χ4n) is 1.60. The smallest absolute Gasteiger partial charge is 0.0846 e. The number of hydrogen-bond acceptors (Lipinski definition) is 2. The Balaban J connectivity index is 2.78. The van der Waals surface area contributed by atoms with Crippen LogP contribution in [0.3, 0.4) is 0 Å². The minimum absolute atomic E-state index is 0.120. The first-order valence-electron chi connectivity index (χ1n) is 4.83. The molecule has 0 aromatic heterocycles. The quantitative estimate of drug-likeness (QED) is 0.564. The van der Waals surface area contributed by atoms with Gasteiger partial charge in [0.05, 0.1) is 11.7 Å². The summed E-state index contributed by atoms with van der Waals surface area (Å²) in [6, 6.07) is 0. The first kappa shape index (κ1) is 11.3. The highest BCUT2D eigenvalue weighted by atomic mass is 35.5. The van der Waals surface area contributed by atoms with Crippen LogP contribution in [-0.2, 0) is 4.74 Å². The Morgan fingerprint density at radius 2 is 2.00 bits per heavy atom.